The first-order valence-corrected chi connectivity index (χ1v) is 19.8. The van der Waals surface area contributed by atoms with Gasteiger partial charge in [-0.2, -0.15) is 37.3 Å². The Bertz CT molecular complexity index is 2880. The maximum Gasteiger partial charge on any atom is 0.296 e. The Morgan fingerprint density at radius 2 is 1.07 bits per heavy atom. The molecule has 6 aromatic rings. The topological polar surface area (TPSA) is 245 Å². The molecular formula is C39H35N7O9S2. The summed E-state index contributed by atoms with van der Waals surface area (Å²) in [6.07, 6.45) is 0. The highest BCUT2D eigenvalue weighted by Crippen LogP contribution is 2.44. The van der Waals surface area contributed by atoms with Gasteiger partial charge >= 0.3 is 0 Å². The molecule has 0 atom stereocenters. The summed E-state index contributed by atoms with van der Waals surface area (Å²) in [7, 11) is -7.69. The number of aromatic hydroxyl groups is 2. The molecule has 6 rings (SSSR count). The van der Waals surface area contributed by atoms with E-state index in [2.05, 4.69) is 36.0 Å². The van der Waals surface area contributed by atoms with Crippen LogP contribution >= 0.6 is 0 Å². The van der Waals surface area contributed by atoms with Crippen LogP contribution in [0.5, 0.6) is 17.2 Å². The molecule has 292 valence electrons. The second kappa shape index (κ2) is 15.9. The van der Waals surface area contributed by atoms with E-state index < -0.39 is 36.6 Å². The van der Waals surface area contributed by atoms with E-state index in [4.69, 9.17) is 4.74 Å². The smallest absolute Gasteiger partial charge is 0.296 e. The van der Waals surface area contributed by atoms with Crippen LogP contribution in [0.15, 0.2) is 131 Å². The third kappa shape index (κ3) is 9.11. The number of rotatable bonds is 11. The Morgan fingerprint density at radius 3 is 1.63 bits per heavy atom. The first-order chi connectivity index (χ1) is 26.9. The standard InChI is InChI=1S/C39H35N7O9S2/c1-21-14-29(56(49,50)51)11-13-31(21)41-42-32-15-23(3)33(16-22(32)2)43-44-34-20-36(47)35(17-24(34)4)45-46-38-37(57(52,53)54)19-25-18-27(8-12-30(25)39(38)48)40-26-6-9-28(55-5)10-7-26/h6-20,40,47-48H,1-5H3,(H,49,50,51)(H,52,53,54). The Balaban J connectivity index is 1.23. The maximum atomic E-state index is 12.5. The molecule has 0 saturated heterocycles. The molecule has 0 radical (unpaired) electrons. The van der Waals surface area contributed by atoms with Gasteiger partial charge < -0.3 is 20.3 Å². The molecule has 0 spiro atoms. The number of benzene rings is 6. The molecule has 0 aromatic heterocycles. The van der Waals surface area contributed by atoms with Gasteiger partial charge in [0.05, 0.1) is 34.8 Å². The van der Waals surface area contributed by atoms with Crippen LogP contribution in [0.3, 0.4) is 0 Å². The summed E-state index contributed by atoms with van der Waals surface area (Å²) < 4.78 is 72.3. The lowest BCUT2D eigenvalue weighted by Gasteiger charge is -2.12. The van der Waals surface area contributed by atoms with Gasteiger partial charge in [-0.25, -0.2) is 0 Å². The number of aryl methyl sites for hydroxylation is 4. The fraction of sp³-hybridized carbons (Fsp3) is 0.128. The minimum Gasteiger partial charge on any atom is -0.506 e. The molecule has 0 bridgehead atoms. The normalized spacial score (nSPS) is 12.3. The van der Waals surface area contributed by atoms with E-state index >= 15 is 0 Å². The van der Waals surface area contributed by atoms with Gasteiger partial charge in [0.1, 0.15) is 27.8 Å². The van der Waals surface area contributed by atoms with Crippen LogP contribution in [0.2, 0.25) is 0 Å². The highest BCUT2D eigenvalue weighted by Gasteiger charge is 2.23. The molecular weight excluding hydrogens is 775 g/mol. The van der Waals surface area contributed by atoms with E-state index in [1.165, 1.54) is 36.4 Å². The van der Waals surface area contributed by atoms with Gasteiger partial charge in [0.25, 0.3) is 20.2 Å². The van der Waals surface area contributed by atoms with Gasteiger partial charge in [-0.1, -0.05) is 0 Å². The highest BCUT2D eigenvalue weighted by atomic mass is 32.2. The molecule has 57 heavy (non-hydrogen) atoms. The van der Waals surface area contributed by atoms with Crippen molar-refractivity contribution in [3.05, 3.63) is 113 Å². The molecule has 0 aliphatic carbocycles. The van der Waals surface area contributed by atoms with Crippen molar-refractivity contribution in [2.45, 2.75) is 37.5 Å². The molecule has 16 nitrogen and oxygen atoms in total. The van der Waals surface area contributed by atoms with Gasteiger partial charge in [0.2, 0.25) is 0 Å². The third-order valence-electron chi connectivity index (χ3n) is 8.77. The first-order valence-electron chi connectivity index (χ1n) is 16.9. The van der Waals surface area contributed by atoms with Crippen molar-refractivity contribution in [2.75, 3.05) is 12.4 Å². The molecule has 0 heterocycles. The zero-order valence-electron chi connectivity index (χ0n) is 31.0. The van der Waals surface area contributed by atoms with Crippen molar-refractivity contribution >= 4 is 76.5 Å². The van der Waals surface area contributed by atoms with Crippen molar-refractivity contribution in [3.63, 3.8) is 0 Å². The predicted molar refractivity (Wildman–Crippen MR) is 214 cm³/mol. The highest BCUT2D eigenvalue weighted by molar-refractivity contribution is 7.86. The number of ether oxygens (including phenoxy) is 1. The summed E-state index contributed by atoms with van der Waals surface area (Å²) in [5.41, 5.74) is 4.91. The zero-order chi connectivity index (χ0) is 41.2. The average molecular weight is 810 g/mol. The molecule has 6 aromatic carbocycles. The quantitative estimate of drug-likeness (QED) is 0.0612. The minimum atomic E-state index is -4.90. The SMILES string of the molecule is COc1ccc(Nc2ccc3c(O)c(N=Nc4cc(C)c(N=Nc5cc(C)c(N=Nc6ccc(S(=O)(=O)O)cc6C)cc5C)cc4O)c(S(=O)(=O)O)cc3c2)cc1. The van der Waals surface area contributed by atoms with Gasteiger partial charge in [-0.15, -0.1) is 10.2 Å². The number of hydrogen-bond acceptors (Lipinski definition) is 14. The number of nitrogens with one attached hydrogen (secondary N) is 1. The van der Waals surface area contributed by atoms with Crippen molar-refractivity contribution in [2.24, 2.45) is 30.7 Å². The second-order valence-electron chi connectivity index (χ2n) is 12.9. The number of phenols is 2. The lowest BCUT2D eigenvalue weighted by atomic mass is 10.1. The number of fused-ring (bicyclic) bond motifs is 1. The number of nitrogens with zero attached hydrogens (tertiary/aromatic N) is 6. The zero-order valence-corrected chi connectivity index (χ0v) is 32.6. The Morgan fingerprint density at radius 1 is 0.544 bits per heavy atom. The first kappa shape index (κ1) is 40.1. The number of azo groups is 3. The van der Waals surface area contributed by atoms with Gasteiger partial charge in [0.15, 0.2) is 5.75 Å². The van der Waals surface area contributed by atoms with Gasteiger partial charge in [-0.05, 0) is 140 Å². The van der Waals surface area contributed by atoms with Crippen LogP contribution in [-0.2, 0) is 20.2 Å². The summed E-state index contributed by atoms with van der Waals surface area (Å²) in [4.78, 5) is -0.935. The van der Waals surface area contributed by atoms with Crippen LogP contribution in [-0.4, -0.2) is 43.3 Å². The van der Waals surface area contributed by atoms with E-state index in [0.717, 1.165) is 5.69 Å². The summed E-state index contributed by atoms with van der Waals surface area (Å²) >= 11 is 0. The lowest BCUT2D eigenvalue weighted by Crippen LogP contribution is -1.99. The van der Waals surface area contributed by atoms with E-state index in [1.54, 1.807) is 89.4 Å². The van der Waals surface area contributed by atoms with Crippen LogP contribution in [0.1, 0.15) is 22.3 Å². The van der Waals surface area contributed by atoms with Crippen molar-refractivity contribution in [1.82, 2.24) is 0 Å². The van der Waals surface area contributed by atoms with E-state index in [-0.39, 0.29) is 27.1 Å². The fourth-order valence-corrected chi connectivity index (χ4v) is 6.87. The molecule has 0 fully saturated rings. The molecule has 0 saturated carbocycles. The van der Waals surface area contributed by atoms with E-state index in [1.807, 2.05) is 0 Å². The fourth-order valence-electron chi connectivity index (χ4n) is 5.64. The van der Waals surface area contributed by atoms with Crippen LogP contribution in [0.25, 0.3) is 10.8 Å². The monoisotopic (exact) mass is 809 g/mol. The molecule has 0 aliphatic heterocycles. The van der Waals surface area contributed by atoms with Crippen molar-refractivity contribution < 1.29 is 40.9 Å². The third-order valence-corrected chi connectivity index (χ3v) is 10.5. The predicted octanol–water partition coefficient (Wildman–Crippen LogP) is 11.0. The van der Waals surface area contributed by atoms with Gasteiger partial charge in [0, 0.05) is 22.8 Å². The Kier molecular flexibility index (Phi) is 11.2. The minimum absolute atomic E-state index is 0.0733. The maximum absolute atomic E-state index is 12.5. The molecule has 0 aliphatic rings. The molecule has 0 unspecified atom stereocenters. The second-order valence-corrected chi connectivity index (χ2v) is 15.7. The van der Waals surface area contributed by atoms with Crippen molar-refractivity contribution in [1.29, 1.82) is 0 Å². The number of phenolic OH excluding ortho intramolecular Hbond substituents is 2. The molecule has 18 heteroatoms. The Labute approximate surface area is 327 Å². The summed E-state index contributed by atoms with van der Waals surface area (Å²) in [6.45, 7) is 6.94. The number of hydrogen-bond donors (Lipinski definition) is 5. The number of anilines is 2. The lowest BCUT2D eigenvalue weighted by molar-refractivity contribution is 0.415. The Hall–Kier alpha value is -6.60. The average Bonchev–Trinajstić information content (AvgIpc) is 3.15. The summed E-state index contributed by atoms with van der Waals surface area (Å²) in [5.74, 6) is -0.251. The molecule has 0 amide bonds. The van der Waals surface area contributed by atoms with Gasteiger partial charge in [-0.3, -0.25) is 9.11 Å². The van der Waals surface area contributed by atoms with Crippen LogP contribution in [0, 0.1) is 27.7 Å². The van der Waals surface area contributed by atoms with E-state index in [0.29, 0.717) is 56.4 Å². The van der Waals surface area contributed by atoms with Crippen molar-refractivity contribution in [3.8, 4) is 17.2 Å². The summed E-state index contributed by atoms with van der Waals surface area (Å²) in [5, 5.41) is 50.8. The number of methoxy groups -OCH3 is 1. The van der Waals surface area contributed by atoms with Crippen LogP contribution < -0.4 is 10.1 Å². The van der Waals surface area contributed by atoms with E-state index in [9.17, 15) is 36.2 Å². The van der Waals surface area contributed by atoms with Crippen LogP contribution in [0.4, 0.5) is 45.5 Å². The largest absolute Gasteiger partial charge is 0.506 e. The molecule has 5 N–H and O–H groups in total. The summed E-state index contributed by atoms with van der Waals surface area (Å²) in [6, 6.07) is 23.4.